The smallest absolute Gasteiger partial charge is 0.242 e. The van der Waals surface area contributed by atoms with Crippen LogP contribution in [0, 0.1) is 5.92 Å². The van der Waals surface area contributed by atoms with Gasteiger partial charge in [0.2, 0.25) is 11.8 Å². The number of hydrogen-bond donors (Lipinski definition) is 1. The summed E-state index contributed by atoms with van der Waals surface area (Å²) in [7, 11) is 3.60. The fourth-order valence-electron chi connectivity index (χ4n) is 3.64. The Labute approximate surface area is 127 Å². The zero-order valence-electron chi connectivity index (χ0n) is 13.4. The number of nitrogens with two attached hydrogens (primary N) is 1. The Hall–Kier alpha value is -1.10. The normalized spacial score (nSPS) is 26.6. The van der Waals surface area contributed by atoms with Crippen molar-refractivity contribution in [1.29, 1.82) is 0 Å². The van der Waals surface area contributed by atoms with E-state index in [0.29, 0.717) is 6.04 Å². The molecule has 0 heterocycles. The van der Waals surface area contributed by atoms with Gasteiger partial charge in [-0.05, 0) is 25.7 Å². The number of nitrogens with zero attached hydrogens (tertiary/aromatic N) is 2. The summed E-state index contributed by atoms with van der Waals surface area (Å²) >= 11 is 0. The molecule has 21 heavy (non-hydrogen) atoms. The molecule has 2 saturated carbocycles. The van der Waals surface area contributed by atoms with Crippen molar-refractivity contribution in [1.82, 2.24) is 9.80 Å². The predicted molar refractivity (Wildman–Crippen MR) is 82.6 cm³/mol. The van der Waals surface area contributed by atoms with E-state index < -0.39 is 0 Å². The van der Waals surface area contributed by atoms with E-state index in [0.717, 1.165) is 32.1 Å². The van der Waals surface area contributed by atoms with E-state index in [1.165, 1.54) is 19.3 Å². The monoisotopic (exact) mass is 295 g/mol. The lowest BCUT2D eigenvalue weighted by molar-refractivity contribution is -0.142. The van der Waals surface area contributed by atoms with E-state index in [2.05, 4.69) is 0 Å². The molecule has 2 unspecified atom stereocenters. The third-order valence-corrected chi connectivity index (χ3v) is 5.15. The van der Waals surface area contributed by atoms with Crippen molar-refractivity contribution < 1.29 is 9.59 Å². The molecule has 5 nitrogen and oxygen atoms in total. The number of hydrogen-bond acceptors (Lipinski definition) is 3. The van der Waals surface area contributed by atoms with Crippen molar-refractivity contribution in [3.63, 3.8) is 0 Å². The first kappa shape index (κ1) is 16.3. The lowest BCUT2D eigenvalue weighted by atomic mass is 9.94. The highest BCUT2D eigenvalue weighted by Gasteiger charge is 2.33. The van der Waals surface area contributed by atoms with Gasteiger partial charge in [-0.3, -0.25) is 9.59 Å². The second kappa shape index (κ2) is 7.25. The summed E-state index contributed by atoms with van der Waals surface area (Å²) in [5.74, 6) is -0.0162. The highest BCUT2D eigenvalue weighted by atomic mass is 16.2. The topological polar surface area (TPSA) is 66.6 Å². The van der Waals surface area contributed by atoms with Gasteiger partial charge < -0.3 is 15.5 Å². The Balaban J connectivity index is 1.84. The summed E-state index contributed by atoms with van der Waals surface area (Å²) in [6, 6.07) is 0.314. The summed E-state index contributed by atoms with van der Waals surface area (Å²) in [6.07, 6.45) is 8.65. The third-order valence-electron chi connectivity index (χ3n) is 5.15. The Morgan fingerprint density at radius 1 is 1.00 bits per heavy atom. The fourth-order valence-corrected chi connectivity index (χ4v) is 3.64. The molecule has 0 aromatic heterocycles. The maximum atomic E-state index is 12.4. The van der Waals surface area contributed by atoms with E-state index in [9.17, 15) is 9.59 Å². The van der Waals surface area contributed by atoms with Crippen LogP contribution in [-0.4, -0.2) is 54.3 Å². The molecule has 2 fully saturated rings. The summed E-state index contributed by atoms with van der Waals surface area (Å²) in [5, 5.41) is 0. The molecule has 0 bridgehead atoms. The molecular weight excluding hydrogens is 266 g/mol. The molecule has 0 aromatic rings. The number of likely N-dealkylation sites (N-methyl/N-ethyl adjacent to an activating group) is 2. The molecular formula is C16H29N3O2. The molecule has 2 rings (SSSR count). The predicted octanol–water partition coefficient (Wildman–Crippen LogP) is 1.36. The van der Waals surface area contributed by atoms with Crippen LogP contribution in [0.4, 0.5) is 0 Å². The van der Waals surface area contributed by atoms with E-state index in [1.807, 2.05) is 11.9 Å². The van der Waals surface area contributed by atoms with Crippen molar-refractivity contribution in [2.75, 3.05) is 20.6 Å². The summed E-state index contributed by atoms with van der Waals surface area (Å²) in [4.78, 5) is 28.1. The Kier molecular flexibility index (Phi) is 5.62. The van der Waals surface area contributed by atoms with Crippen LogP contribution in [0.3, 0.4) is 0 Å². The molecule has 0 aliphatic heterocycles. The van der Waals surface area contributed by atoms with Crippen molar-refractivity contribution in [3.05, 3.63) is 0 Å². The van der Waals surface area contributed by atoms with Crippen LogP contribution in [0.15, 0.2) is 0 Å². The molecule has 2 N–H and O–H groups in total. The van der Waals surface area contributed by atoms with Gasteiger partial charge in [-0.15, -0.1) is 0 Å². The SMILES string of the molecule is CN(CC(=O)N(C)C1CCCCC1)C(=O)C1CCCC1N. The van der Waals surface area contributed by atoms with Crippen LogP contribution in [0.2, 0.25) is 0 Å². The molecule has 0 spiro atoms. The summed E-state index contributed by atoms with van der Waals surface area (Å²) in [5.41, 5.74) is 5.98. The maximum absolute atomic E-state index is 12.4. The Bertz CT molecular complexity index is 380. The van der Waals surface area contributed by atoms with E-state index >= 15 is 0 Å². The molecule has 0 saturated heterocycles. The van der Waals surface area contributed by atoms with Crippen LogP contribution >= 0.6 is 0 Å². The first-order valence-corrected chi connectivity index (χ1v) is 8.27. The zero-order valence-corrected chi connectivity index (χ0v) is 13.4. The van der Waals surface area contributed by atoms with E-state index in [4.69, 9.17) is 5.73 Å². The average molecular weight is 295 g/mol. The second-order valence-corrected chi connectivity index (χ2v) is 6.69. The molecule has 2 aliphatic carbocycles. The molecule has 2 aliphatic rings. The highest BCUT2D eigenvalue weighted by molar-refractivity contribution is 5.86. The molecule has 0 aromatic carbocycles. The van der Waals surface area contributed by atoms with Crippen LogP contribution in [0.25, 0.3) is 0 Å². The van der Waals surface area contributed by atoms with Gasteiger partial charge >= 0.3 is 0 Å². The fraction of sp³-hybridized carbons (Fsp3) is 0.875. The lowest BCUT2D eigenvalue weighted by Gasteiger charge is -2.33. The van der Waals surface area contributed by atoms with Gasteiger partial charge in [0.25, 0.3) is 0 Å². The van der Waals surface area contributed by atoms with Crippen molar-refractivity contribution >= 4 is 11.8 Å². The number of rotatable bonds is 4. The molecule has 5 heteroatoms. The zero-order chi connectivity index (χ0) is 15.4. The average Bonchev–Trinajstić information content (AvgIpc) is 2.92. The van der Waals surface area contributed by atoms with Crippen LogP contribution in [-0.2, 0) is 9.59 Å². The first-order valence-electron chi connectivity index (χ1n) is 8.27. The summed E-state index contributed by atoms with van der Waals surface area (Å²) in [6.45, 7) is 0.176. The van der Waals surface area contributed by atoms with E-state index in [1.54, 1.807) is 11.9 Å². The van der Waals surface area contributed by atoms with Gasteiger partial charge in [-0.1, -0.05) is 25.7 Å². The standard InChI is InChI=1S/C16H29N3O2/c1-18(16(21)13-9-6-10-14(13)17)11-15(20)19(2)12-7-4-3-5-8-12/h12-14H,3-11,17H2,1-2H3. The molecule has 2 amide bonds. The van der Waals surface area contributed by atoms with Crippen molar-refractivity contribution in [3.8, 4) is 0 Å². The first-order chi connectivity index (χ1) is 10.0. The van der Waals surface area contributed by atoms with Crippen LogP contribution in [0.1, 0.15) is 51.4 Å². The van der Waals surface area contributed by atoms with Gasteiger partial charge in [-0.25, -0.2) is 0 Å². The number of carbonyl (C=O) groups excluding carboxylic acids is 2. The minimum absolute atomic E-state index is 0.0328. The van der Waals surface area contributed by atoms with Gasteiger partial charge in [0.05, 0.1) is 12.5 Å². The van der Waals surface area contributed by atoms with Crippen LogP contribution in [0.5, 0.6) is 0 Å². The minimum atomic E-state index is -0.0946. The Morgan fingerprint density at radius 2 is 1.67 bits per heavy atom. The van der Waals surface area contributed by atoms with Gasteiger partial charge in [0.1, 0.15) is 0 Å². The molecule has 120 valence electrons. The van der Waals surface area contributed by atoms with Crippen LogP contribution < -0.4 is 5.73 Å². The summed E-state index contributed by atoms with van der Waals surface area (Å²) < 4.78 is 0. The minimum Gasteiger partial charge on any atom is -0.341 e. The second-order valence-electron chi connectivity index (χ2n) is 6.69. The molecule has 2 atom stereocenters. The number of amides is 2. The lowest BCUT2D eigenvalue weighted by Crippen LogP contribution is -2.47. The van der Waals surface area contributed by atoms with Gasteiger partial charge in [0, 0.05) is 26.2 Å². The van der Waals surface area contributed by atoms with Crippen molar-refractivity contribution in [2.45, 2.75) is 63.5 Å². The quantitative estimate of drug-likeness (QED) is 0.851. The van der Waals surface area contributed by atoms with Crippen molar-refractivity contribution in [2.24, 2.45) is 11.7 Å². The van der Waals surface area contributed by atoms with Gasteiger partial charge in [-0.2, -0.15) is 0 Å². The van der Waals surface area contributed by atoms with E-state index in [-0.39, 0.29) is 30.3 Å². The maximum Gasteiger partial charge on any atom is 0.242 e. The highest BCUT2D eigenvalue weighted by Crippen LogP contribution is 2.26. The third kappa shape index (κ3) is 3.96. The largest absolute Gasteiger partial charge is 0.341 e. The Morgan fingerprint density at radius 3 is 2.24 bits per heavy atom. The molecule has 0 radical (unpaired) electrons. The van der Waals surface area contributed by atoms with Gasteiger partial charge in [0.15, 0.2) is 0 Å². The number of carbonyl (C=O) groups is 2.